The molecule has 2 fully saturated rings. The summed E-state index contributed by atoms with van der Waals surface area (Å²) >= 11 is 0. The lowest BCUT2D eigenvalue weighted by Gasteiger charge is -2.35. The standard InChI is InChI=1S/C24H22F4N4O5S/c1-30-22(33)17-7-5-15(10-19(17)25)32-21-11-16(37-38(2,35)36)6-8-20(21)31(23(32)34)14-4-3-13(12-29)18(9-14)24(26,27)28/h3-5,7,9-10,16,20-21H,6,8,11H2,1-2H3,(H,30,33)/t16?,20-,21-/m1/s1. The summed E-state index contributed by atoms with van der Waals surface area (Å²) in [4.78, 5) is 27.9. The van der Waals surface area contributed by atoms with Gasteiger partial charge in [-0.3, -0.25) is 18.8 Å². The Hall–Kier alpha value is -3.70. The summed E-state index contributed by atoms with van der Waals surface area (Å²) in [5.41, 5.74) is -2.19. The fourth-order valence-corrected chi connectivity index (χ4v) is 5.67. The quantitative estimate of drug-likeness (QED) is 0.444. The Bertz CT molecular complexity index is 1440. The van der Waals surface area contributed by atoms with Crippen LogP contribution in [0, 0.1) is 17.1 Å². The van der Waals surface area contributed by atoms with Crippen molar-refractivity contribution in [1.29, 1.82) is 5.26 Å². The Kier molecular flexibility index (Phi) is 7.11. The summed E-state index contributed by atoms with van der Waals surface area (Å²) in [5, 5.41) is 11.4. The molecule has 3 atom stereocenters. The maximum absolute atomic E-state index is 14.8. The summed E-state index contributed by atoms with van der Waals surface area (Å²) in [6, 6.07) is 5.58. The highest BCUT2D eigenvalue weighted by Gasteiger charge is 2.51. The number of amides is 3. The van der Waals surface area contributed by atoms with E-state index in [1.165, 1.54) is 36.2 Å². The molecule has 0 radical (unpaired) electrons. The number of alkyl halides is 3. The maximum atomic E-state index is 14.8. The van der Waals surface area contributed by atoms with E-state index in [-0.39, 0.29) is 36.2 Å². The van der Waals surface area contributed by atoms with Crippen LogP contribution >= 0.6 is 0 Å². The first-order valence-electron chi connectivity index (χ1n) is 11.4. The minimum Gasteiger partial charge on any atom is -0.355 e. The Labute approximate surface area is 215 Å². The third kappa shape index (κ3) is 5.16. The van der Waals surface area contributed by atoms with Crippen LogP contribution in [0.2, 0.25) is 0 Å². The lowest BCUT2D eigenvalue weighted by Crippen LogP contribution is -2.45. The van der Waals surface area contributed by atoms with Gasteiger partial charge < -0.3 is 5.32 Å². The van der Waals surface area contributed by atoms with Crippen molar-refractivity contribution in [3.8, 4) is 6.07 Å². The maximum Gasteiger partial charge on any atom is 0.417 e. The highest BCUT2D eigenvalue weighted by atomic mass is 32.2. The van der Waals surface area contributed by atoms with E-state index >= 15 is 0 Å². The highest BCUT2D eigenvalue weighted by molar-refractivity contribution is 7.86. The van der Waals surface area contributed by atoms with Crippen LogP contribution in [-0.4, -0.2) is 51.8 Å². The molecule has 0 aromatic heterocycles. The molecule has 1 N–H and O–H groups in total. The van der Waals surface area contributed by atoms with Crippen molar-refractivity contribution in [3.63, 3.8) is 0 Å². The second-order valence-electron chi connectivity index (χ2n) is 8.98. The molecule has 3 amide bonds. The number of hydrogen-bond donors (Lipinski definition) is 1. The molecule has 1 aliphatic heterocycles. The van der Waals surface area contributed by atoms with Gasteiger partial charge in [-0.2, -0.15) is 26.9 Å². The molecule has 1 saturated carbocycles. The minimum absolute atomic E-state index is 0.00119. The third-order valence-corrected chi connectivity index (χ3v) is 7.15. The molecule has 0 spiro atoms. The van der Waals surface area contributed by atoms with Crippen molar-refractivity contribution in [3.05, 3.63) is 58.9 Å². The second kappa shape index (κ2) is 9.88. The van der Waals surface area contributed by atoms with Gasteiger partial charge in [0.05, 0.1) is 47.2 Å². The van der Waals surface area contributed by atoms with E-state index in [0.717, 1.165) is 23.3 Å². The first-order valence-corrected chi connectivity index (χ1v) is 13.2. The van der Waals surface area contributed by atoms with E-state index in [1.807, 2.05) is 0 Å². The van der Waals surface area contributed by atoms with Gasteiger partial charge in [0.25, 0.3) is 16.0 Å². The van der Waals surface area contributed by atoms with Crippen LogP contribution < -0.4 is 15.1 Å². The van der Waals surface area contributed by atoms with E-state index in [2.05, 4.69) is 5.32 Å². The van der Waals surface area contributed by atoms with Gasteiger partial charge in [0, 0.05) is 18.4 Å². The van der Waals surface area contributed by atoms with E-state index in [4.69, 9.17) is 9.44 Å². The van der Waals surface area contributed by atoms with Crippen LogP contribution in [-0.2, 0) is 20.5 Å². The summed E-state index contributed by atoms with van der Waals surface area (Å²) in [5.74, 6) is -1.63. The Morgan fingerprint density at radius 3 is 2.32 bits per heavy atom. The largest absolute Gasteiger partial charge is 0.417 e. The second-order valence-corrected chi connectivity index (χ2v) is 10.6. The SMILES string of the molecule is CNC(=O)c1ccc(N2C(=O)N(c3ccc(C#N)c(C(F)(F)F)c3)[C@@H]3CCC(OS(C)(=O)=O)C[C@H]32)cc1F. The van der Waals surface area contributed by atoms with Gasteiger partial charge in [0.15, 0.2) is 0 Å². The molecule has 14 heteroatoms. The number of hydrogen-bond acceptors (Lipinski definition) is 6. The van der Waals surface area contributed by atoms with Crippen molar-refractivity contribution in [2.24, 2.45) is 0 Å². The molecule has 1 unspecified atom stereocenters. The third-order valence-electron chi connectivity index (χ3n) is 6.53. The van der Waals surface area contributed by atoms with Crippen LogP contribution in [0.25, 0.3) is 0 Å². The predicted octanol–water partition coefficient (Wildman–Crippen LogP) is 3.79. The molecule has 1 heterocycles. The fraction of sp³-hybridized carbons (Fsp3) is 0.375. The predicted molar refractivity (Wildman–Crippen MR) is 127 cm³/mol. The number of anilines is 2. The summed E-state index contributed by atoms with van der Waals surface area (Å²) < 4.78 is 84.3. The Morgan fingerprint density at radius 1 is 1.11 bits per heavy atom. The van der Waals surface area contributed by atoms with Crippen molar-refractivity contribution in [1.82, 2.24) is 5.32 Å². The van der Waals surface area contributed by atoms with Crippen LogP contribution in [0.3, 0.4) is 0 Å². The lowest BCUT2D eigenvalue weighted by atomic mass is 9.87. The number of rotatable bonds is 5. The van der Waals surface area contributed by atoms with Crippen molar-refractivity contribution in [2.45, 2.75) is 43.6 Å². The number of urea groups is 1. The zero-order valence-electron chi connectivity index (χ0n) is 20.1. The topological polar surface area (TPSA) is 120 Å². The smallest absolute Gasteiger partial charge is 0.355 e. The fourth-order valence-electron chi connectivity index (χ4n) is 5.00. The van der Waals surface area contributed by atoms with Crippen LogP contribution in [0.1, 0.15) is 40.7 Å². The molecular weight excluding hydrogens is 532 g/mol. The number of nitriles is 1. The lowest BCUT2D eigenvalue weighted by molar-refractivity contribution is -0.137. The summed E-state index contributed by atoms with van der Waals surface area (Å²) in [6.07, 6.45) is -4.43. The van der Waals surface area contributed by atoms with E-state index in [1.54, 1.807) is 0 Å². The number of halogens is 4. The van der Waals surface area contributed by atoms with Gasteiger partial charge in [-0.05, 0) is 55.7 Å². The molecule has 38 heavy (non-hydrogen) atoms. The Balaban J connectivity index is 1.80. The molecule has 2 aromatic rings. The minimum atomic E-state index is -4.86. The van der Waals surface area contributed by atoms with Gasteiger partial charge in [-0.15, -0.1) is 0 Å². The van der Waals surface area contributed by atoms with Crippen LogP contribution in [0.4, 0.5) is 33.7 Å². The van der Waals surface area contributed by atoms with Crippen molar-refractivity contribution >= 4 is 33.4 Å². The molecule has 0 bridgehead atoms. The zero-order valence-corrected chi connectivity index (χ0v) is 20.9. The van der Waals surface area contributed by atoms with Crippen molar-refractivity contribution in [2.75, 3.05) is 23.1 Å². The van der Waals surface area contributed by atoms with E-state index in [0.29, 0.717) is 6.07 Å². The number of carbonyl (C=O) groups excluding carboxylic acids is 2. The molecule has 9 nitrogen and oxygen atoms in total. The van der Waals surface area contributed by atoms with Gasteiger partial charge in [0.1, 0.15) is 5.82 Å². The summed E-state index contributed by atoms with van der Waals surface area (Å²) in [6.45, 7) is 0. The number of benzene rings is 2. The van der Waals surface area contributed by atoms with Gasteiger partial charge in [-0.25, -0.2) is 9.18 Å². The monoisotopic (exact) mass is 554 g/mol. The number of carbonyl (C=O) groups is 2. The van der Waals surface area contributed by atoms with Gasteiger partial charge >= 0.3 is 12.2 Å². The zero-order chi connectivity index (χ0) is 28.0. The molecule has 1 saturated heterocycles. The van der Waals surface area contributed by atoms with Gasteiger partial charge in [0.2, 0.25) is 0 Å². The van der Waals surface area contributed by atoms with Crippen LogP contribution in [0.15, 0.2) is 36.4 Å². The number of nitrogens with zero attached hydrogens (tertiary/aromatic N) is 3. The van der Waals surface area contributed by atoms with Crippen LogP contribution in [0.5, 0.6) is 0 Å². The van der Waals surface area contributed by atoms with Crippen molar-refractivity contribution < 1.29 is 39.8 Å². The average molecular weight is 555 g/mol. The molecule has 4 rings (SSSR count). The first kappa shape index (κ1) is 27.3. The van der Waals surface area contributed by atoms with E-state index in [9.17, 15) is 35.6 Å². The molecule has 2 aromatic carbocycles. The van der Waals surface area contributed by atoms with Gasteiger partial charge in [-0.1, -0.05) is 0 Å². The average Bonchev–Trinajstić information content (AvgIpc) is 3.12. The molecule has 202 valence electrons. The number of fused-ring (bicyclic) bond motifs is 1. The molecular formula is C24H22F4N4O5S. The highest BCUT2D eigenvalue weighted by Crippen LogP contribution is 2.43. The van der Waals surface area contributed by atoms with E-state index < -0.39 is 63.4 Å². The summed E-state index contributed by atoms with van der Waals surface area (Å²) in [7, 11) is -2.53. The first-order chi connectivity index (χ1) is 17.7. The number of nitrogens with one attached hydrogen (secondary N) is 1. The normalized spacial score (nSPS) is 21.7. The Morgan fingerprint density at radius 2 is 1.74 bits per heavy atom. The molecule has 2 aliphatic rings. The molecule has 1 aliphatic carbocycles.